The maximum absolute atomic E-state index is 12.5. The summed E-state index contributed by atoms with van der Waals surface area (Å²) in [6.45, 7) is 3.68. The molecule has 0 N–H and O–H groups in total. The first-order valence-corrected chi connectivity index (χ1v) is 7.86. The molecule has 3 rings (SSSR count). The number of rotatable bonds is 3. The van der Waals surface area contributed by atoms with Crippen molar-refractivity contribution in [3.8, 4) is 0 Å². The summed E-state index contributed by atoms with van der Waals surface area (Å²) in [5.41, 5.74) is 1.47. The second kappa shape index (κ2) is 6.36. The first-order valence-electron chi connectivity index (χ1n) is 7.86. The Balaban J connectivity index is 1.61. The lowest BCUT2D eigenvalue weighted by Gasteiger charge is -2.36. The molecule has 0 saturated carbocycles. The van der Waals surface area contributed by atoms with Gasteiger partial charge < -0.3 is 9.80 Å². The van der Waals surface area contributed by atoms with Gasteiger partial charge in [0, 0.05) is 51.3 Å². The number of aryl methyl sites for hydroxylation is 2. The van der Waals surface area contributed by atoms with Gasteiger partial charge in [-0.05, 0) is 31.9 Å². The molecule has 1 aliphatic rings. The molecule has 122 valence electrons. The van der Waals surface area contributed by atoms with Gasteiger partial charge in [0.05, 0.1) is 0 Å². The molecule has 3 heterocycles. The van der Waals surface area contributed by atoms with Gasteiger partial charge in [-0.25, -0.2) is 9.97 Å². The zero-order chi connectivity index (χ0) is 16.4. The number of hydrogen-bond acceptors (Lipinski definition) is 5. The summed E-state index contributed by atoms with van der Waals surface area (Å²) in [6, 6.07) is 3.88. The quantitative estimate of drug-likeness (QED) is 0.853. The molecule has 2 aromatic heterocycles. The molecule has 0 radical (unpaired) electrons. The molecule has 0 aromatic carbocycles. The smallest absolute Gasteiger partial charge is 0.274 e. The van der Waals surface area contributed by atoms with Crippen molar-refractivity contribution in [3.05, 3.63) is 35.9 Å². The van der Waals surface area contributed by atoms with Gasteiger partial charge in [-0.15, -0.1) is 0 Å². The van der Waals surface area contributed by atoms with Crippen molar-refractivity contribution in [3.63, 3.8) is 0 Å². The van der Waals surface area contributed by atoms with E-state index in [4.69, 9.17) is 0 Å². The van der Waals surface area contributed by atoms with Crippen molar-refractivity contribution in [2.24, 2.45) is 7.05 Å². The van der Waals surface area contributed by atoms with Gasteiger partial charge in [0.15, 0.2) is 0 Å². The predicted octanol–water partition coefficient (Wildman–Crippen LogP) is 1.26. The second-order valence-electron chi connectivity index (χ2n) is 6.01. The zero-order valence-corrected chi connectivity index (χ0v) is 13.8. The third kappa shape index (κ3) is 3.33. The Morgan fingerprint density at radius 2 is 2.04 bits per heavy atom. The van der Waals surface area contributed by atoms with Crippen LogP contribution in [0.4, 0.5) is 5.95 Å². The third-order valence-electron chi connectivity index (χ3n) is 4.33. The summed E-state index contributed by atoms with van der Waals surface area (Å²) in [4.78, 5) is 25.3. The Hall–Kier alpha value is -2.44. The van der Waals surface area contributed by atoms with Crippen molar-refractivity contribution in [2.45, 2.75) is 25.8 Å². The number of aromatic nitrogens is 4. The maximum Gasteiger partial charge on any atom is 0.274 e. The lowest BCUT2D eigenvalue weighted by atomic mass is 10.0. The molecule has 2 aromatic rings. The minimum absolute atomic E-state index is 0.0177. The molecule has 1 aliphatic heterocycles. The molecular formula is C16H22N6O. The summed E-state index contributed by atoms with van der Waals surface area (Å²) >= 11 is 0. The first kappa shape index (κ1) is 15.5. The Morgan fingerprint density at radius 3 is 2.65 bits per heavy atom. The van der Waals surface area contributed by atoms with E-state index in [0.29, 0.717) is 5.69 Å². The number of carbonyl (C=O) groups is 1. The fraction of sp³-hybridized carbons (Fsp3) is 0.500. The van der Waals surface area contributed by atoms with E-state index in [9.17, 15) is 4.79 Å². The average Bonchev–Trinajstić information content (AvgIpc) is 3.00. The minimum atomic E-state index is -0.0177. The molecule has 1 fully saturated rings. The number of amides is 1. The van der Waals surface area contributed by atoms with Gasteiger partial charge in [0.2, 0.25) is 5.95 Å². The van der Waals surface area contributed by atoms with Crippen molar-refractivity contribution >= 4 is 11.9 Å². The van der Waals surface area contributed by atoms with E-state index in [1.54, 1.807) is 23.1 Å². The molecule has 7 nitrogen and oxygen atoms in total. The highest BCUT2D eigenvalue weighted by atomic mass is 16.2. The van der Waals surface area contributed by atoms with E-state index in [-0.39, 0.29) is 11.9 Å². The van der Waals surface area contributed by atoms with Gasteiger partial charge in [-0.2, -0.15) is 5.10 Å². The SMILES string of the molecule is Cc1ccnc(N2CCC(N(C)C(=O)c3ccn(C)n3)CC2)n1. The molecule has 1 saturated heterocycles. The van der Waals surface area contributed by atoms with Crippen LogP contribution in [-0.4, -0.2) is 56.7 Å². The number of nitrogens with zero attached hydrogens (tertiary/aromatic N) is 6. The van der Waals surface area contributed by atoms with Crippen LogP contribution in [0.3, 0.4) is 0 Å². The summed E-state index contributed by atoms with van der Waals surface area (Å²) in [7, 11) is 3.68. The van der Waals surface area contributed by atoms with Gasteiger partial charge >= 0.3 is 0 Å². The number of carbonyl (C=O) groups excluding carboxylic acids is 1. The van der Waals surface area contributed by atoms with Crippen LogP contribution in [0.15, 0.2) is 24.5 Å². The van der Waals surface area contributed by atoms with Crippen molar-refractivity contribution in [2.75, 3.05) is 25.0 Å². The van der Waals surface area contributed by atoms with Crippen molar-refractivity contribution in [1.29, 1.82) is 0 Å². The summed E-state index contributed by atoms with van der Waals surface area (Å²) in [5, 5.41) is 4.19. The van der Waals surface area contributed by atoms with Gasteiger partial charge in [0.25, 0.3) is 5.91 Å². The second-order valence-corrected chi connectivity index (χ2v) is 6.01. The number of hydrogen-bond donors (Lipinski definition) is 0. The normalized spacial score (nSPS) is 15.7. The van der Waals surface area contributed by atoms with Gasteiger partial charge in [0.1, 0.15) is 5.69 Å². The van der Waals surface area contributed by atoms with Crippen molar-refractivity contribution < 1.29 is 4.79 Å². The molecule has 0 atom stereocenters. The van der Waals surface area contributed by atoms with Crippen LogP contribution in [0.1, 0.15) is 29.0 Å². The minimum Gasteiger partial charge on any atom is -0.341 e. The molecule has 0 spiro atoms. The van der Waals surface area contributed by atoms with E-state index >= 15 is 0 Å². The fourth-order valence-electron chi connectivity index (χ4n) is 2.92. The Labute approximate surface area is 135 Å². The Bertz CT molecular complexity index is 689. The van der Waals surface area contributed by atoms with Crippen LogP contribution in [-0.2, 0) is 7.05 Å². The third-order valence-corrected chi connectivity index (χ3v) is 4.33. The lowest BCUT2D eigenvalue weighted by molar-refractivity contribution is 0.0702. The Morgan fingerprint density at radius 1 is 1.30 bits per heavy atom. The molecule has 0 bridgehead atoms. The van der Waals surface area contributed by atoms with Crippen LogP contribution in [0.2, 0.25) is 0 Å². The topological polar surface area (TPSA) is 67.2 Å². The molecule has 7 heteroatoms. The van der Waals surface area contributed by atoms with E-state index in [2.05, 4.69) is 20.0 Å². The molecule has 0 unspecified atom stereocenters. The van der Waals surface area contributed by atoms with E-state index in [1.165, 1.54) is 0 Å². The van der Waals surface area contributed by atoms with Gasteiger partial charge in [-0.3, -0.25) is 9.48 Å². The number of piperidine rings is 1. The van der Waals surface area contributed by atoms with Crippen LogP contribution >= 0.6 is 0 Å². The van der Waals surface area contributed by atoms with E-state index < -0.39 is 0 Å². The van der Waals surface area contributed by atoms with E-state index in [1.807, 2.05) is 32.0 Å². The van der Waals surface area contributed by atoms with Gasteiger partial charge in [-0.1, -0.05) is 0 Å². The Kier molecular flexibility index (Phi) is 4.27. The fourth-order valence-corrected chi connectivity index (χ4v) is 2.92. The molecular weight excluding hydrogens is 292 g/mol. The predicted molar refractivity (Wildman–Crippen MR) is 87.3 cm³/mol. The monoisotopic (exact) mass is 314 g/mol. The maximum atomic E-state index is 12.5. The summed E-state index contributed by atoms with van der Waals surface area (Å²) in [5.74, 6) is 0.762. The highest BCUT2D eigenvalue weighted by Crippen LogP contribution is 2.20. The van der Waals surface area contributed by atoms with E-state index in [0.717, 1.165) is 37.6 Å². The van der Waals surface area contributed by atoms with Crippen LogP contribution in [0.5, 0.6) is 0 Å². The lowest BCUT2D eigenvalue weighted by Crippen LogP contribution is -2.46. The summed E-state index contributed by atoms with van der Waals surface area (Å²) in [6.07, 6.45) is 5.40. The molecule has 23 heavy (non-hydrogen) atoms. The average molecular weight is 314 g/mol. The zero-order valence-electron chi connectivity index (χ0n) is 13.8. The highest BCUT2D eigenvalue weighted by molar-refractivity contribution is 5.92. The summed E-state index contributed by atoms with van der Waals surface area (Å²) < 4.78 is 1.65. The largest absolute Gasteiger partial charge is 0.341 e. The highest BCUT2D eigenvalue weighted by Gasteiger charge is 2.27. The standard InChI is InChI=1S/C16H22N6O/c1-12-4-8-17-16(18-12)22-10-5-13(6-11-22)21(3)15(23)14-7-9-20(2)19-14/h4,7-9,13H,5-6,10-11H2,1-3H3. The van der Waals surface area contributed by atoms with Crippen molar-refractivity contribution in [1.82, 2.24) is 24.6 Å². The van der Waals surface area contributed by atoms with Crippen LogP contribution in [0.25, 0.3) is 0 Å². The molecule has 1 amide bonds. The van der Waals surface area contributed by atoms with Crippen LogP contribution < -0.4 is 4.90 Å². The first-order chi connectivity index (χ1) is 11.0. The molecule has 0 aliphatic carbocycles. The van der Waals surface area contributed by atoms with Crippen LogP contribution in [0, 0.1) is 6.92 Å². The number of anilines is 1.